The van der Waals surface area contributed by atoms with Gasteiger partial charge in [-0.25, -0.2) is 17.5 Å². The summed E-state index contributed by atoms with van der Waals surface area (Å²) in [5.41, 5.74) is -0.442. The van der Waals surface area contributed by atoms with Crippen LogP contribution in [0.25, 0.3) is 0 Å². The number of alkyl halides is 5. The summed E-state index contributed by atoms with van der Waals surface area (Å²) >= 11 is 1.13. The Morgan fingerprint density at radius 3 is 2.18 bits per heavy atom. The van der Waals surface area contributed by atoms with E-state index < -0.39 is 54.4 Å². The molecule has 246 valence electrons. The summed E-state index contributed by atoms with van der Waals surface area (Å²) in [5, 5.41) is -1.10. The van der Waals surface area contributed by atoms with Crippen molar-refractivity contribution in [3.63, 3.8) is 0 Å². The van der Waals surface area contributed by atoms with Gasteiger partial charge in [0.2, 0.25) is 5.92 Å². The molecule has 44 heavy (non-hydrogen) atoms. The average molecular weight is 669 g/mol. The highest BCUT2D eigenvalue weighted by Crippen LogP contribution is 2.66. The predicted molar refractivity (Wildman–Crippen MR) is 160 cm³/mol. The minimum Gasteiger partial charge on any atom is -0.492 e. The standard InChI is InChI=1S/C30H39F6N2O4PS/c1-5-41-43(39,42-6-2)29(14-7-8-15-29)20-40-26-18-27-25(17-24(26)30(34,35)36)38(22-11-9-21(31)10-12-22)19-23(37(4)44-27)13-16-28(3,32)33/h9-12,17-18,23H,5-8,13-16,19-20H2,1-4H3/t23-/m1/s1. The van der Waals surface area contributed by atoms with Gasteiger partial charge in [-0.15, -0.1) is 0 Å². The lowest BCUT2D eigenvalue weighted by Crippen LogP contribution is -2.36. The van der Waals surface area contributed by atoms with Gasteiger partial charge in [-0.05, 0) is 95.4 Å². The van der Waals surface area contributed by atoms with Gasteiger partial charge in [-0.2, -0.15) is 13.2 Å². The maximum Gasteiger partial charge on any atom is 0.420 e. The number of likely N-dealkylation sites (N-methyl/N-ethyl adjacent to an activating group) is 1. The molecule has 0 aromatic heterocycles. The summed E-state index contributed by atoms with van der Waals surface area (Å²) in [4.78, 5) is 1.99. The molecule has 2 aromatic rings. The van der Waals surface area contributed by atoms with Gasteiger partial charge >= 0.3 is 13.8 Å². The van der Waals surface area contributed by atoms with Crippen molar-refractivity contribution in [1.29, 1.82) is 0 Å². The van der Waals surface area contributed by atoms with Gasteiger partial charge in [0.05, 0.1) is 29.4 Å². The topological polar surface area (TPSA) is 51.2 Å². The number of hydrogen-bond acceptors (Lipinski definition) is 7. The van der Waals surface area contributed by atoms with Gasteiger partial charge < -0.3 is 18.7 Å². The Bertz CT molecular complexity index is 1310. The third-order valence-corrected chi connectivity index (χ3v) is 12.1. The number of rotatable bonds is 12. The van der Waals surface area contributed by atoms with Crippen molar-refractivity contribution >= 4 is 30.9 Å². The Hall–Kier alpha value is -1.92. The molecule has 1 heterocycles. The Balaban J connectivity index is 1.78. The Kier molecular flexibility index (Phi) is 11.0. The minimum absolute atomic E-state index is 0.0703. The number of anilines is 2. The molecule has 6 nitrogen and oxygen atoms in total. The van der Waals surface area contributed by atoms with E-state index in [2.05, 4.69) is 0 Å². The van der Waals surface area contributed by atoms with Gasteiger partial charge in [0.1, 0.15) is 23.3 Å². The number of fused-ring (bicyclic) bond motifs is 1. The fourth-order valence-electron chi connectivity index (χ4n) is 5.78. The third kappa shape index (κ3) is 7.89. The molecular weight excluding hydrogens is 629 g/mol. The van der Waals surface area contributed by atoms with Crippen LogP contribution >= 0.6 is 19.5 Å². The highest BCUT2D eigenvalue weighted by Gasteiger charge is 2.53. The number of hydrogen-bond donors (Lipinski definition) is 0. The zero-order valence-electron chi connectivity index (χ0n) is 25.3. The second-order valence-electron chi connectivity index (χ2n) is 11.4. The van der Waals surface area contributed by atoms with Crippen LogP contribution in [0, 0.1) is 5.82 Å². The van der Waals surface area contributed by atoms with E-state index in [1.165, 1.54) is 30.3 Å². The first kappa shape index (κ1) is 34.9. The van der Waals surface area contributed by atoms with E-state index in [4.69, 9.17) is 13.8 Å². The molecule has 1 fully saturated rings. The van der Waals surface area contributed by atoms with E-state index in [1.54, 1.807) is 30.1 Å². The van der Waals surface area contributed by atoms with E-state index in [0.29, 0.717) is 36.3 Å². The Morgan fingerprint density at radius 2 is 1.64 bits per heavy atom. The molecule has 1 saturated carbocycles. The summed E-state index contributed by atoms with van der Waals surface area (Å²) in [6, 6.07) is 7.09. The maximum absolute atomic E-state index is 14.6. The van der Waals surface area contributed by atoms with Crippen LogP contribution in [0.2, 0.25) is 0 Å². The number of halogens is 6. The van der Waals surface area contributed by atoms with Crippen LogP contribution in [-0.2, 0) is 19.8 Å². The molecule has 1 aliphatic heterocycles. The Labute approximate surface area is 259 Å². The molecule has 0 radical (unpaired) electrons. The number of nitrogens with zero attached hydrogens (tertiary/aromatic N) is 2. The first-order valence-corrected chi connectivity index (χ1v) is 17.0. The van der Waals surface area contributed by atoms with E-state index in [-0.39, 0.29) is 38.5 Å². The molecular formula is C30H39F6N2O4PS. The predicted octanol–water partition coefficient (Wildman–Crippen LogP) is 9.70. The van der Waals surface area contributed by atoms with E-state index in [9.17, 15) is 30.9 Å². The quantitative estimate of drug-likeness (QED) is 0.127. The summed E-state index contributed by atoms with van der Waals surface area (Å²) < 4.78 is 118. The van der Waals surface area contributed by atoms with Crippen LogP contribution in [-0.4, -0.2) is 54.8 Å². The molecule has 1 atom stereocenters. The first-order valence-electron chi connectivity index (χ1n) is 14.7. The van der Waals surface area contributed by atoms with Gasteiger partial charge in [0.15, 0.2) is 0 Å². The summed E-state index contributed by atoms with van der Waals surface area (Å²) in [5.74, 6) is -3.89. The molecule has 2 aliphatic rings. The zero-order valence-corrected chi connectivity index (χ0v) is 27.0. The van der Waals surface area contributed by atoms with Crippen molar-refractivity contribution in [3.8, 4) is 5.75 Å². The third-order valence-electron chi connectivity index (χ3n) is 8.07. The molecule has 0 saturated heterocycles. The van der Waals surface area contributed by atoms with Gasteiger partial charge in [-0.3, -0.25) is 4.57 Å². The van der Waals surface area contributed by atoms with Gasteiger partial charge in [0, 0.05) is 24.7 Å². The van der Waals surface area contributed by atoms with Gasteiger partial charge in [-0.1, -0.05) is 12.8 Å². The zero-order chi connectivity index (χ0) is 32.3. The normalized spacial score (nSPS) is 19.6. The van der Waals surface area contributed by atoms with Crippen molar-refractivity contribution in [2.45, 2.75) is 87.5 Å². The second kappa shape index (κ2) is 13.8. The molecule has 0 unspecified atom stereocenters. The molecule has 0 N–H and O–H groups in total. The monoisotopic (exact) mass is 668 g/mol. The van der Waals surface area contributed by atoms with E-state index in [0.717, 1.165) is 24.9 Å². The molecule has 1 aliphatic carbocycles. The van der Waals surface area contributed by atoms with Crippen molar-refractivity contribution in [3.05, 3.63) is 47.8 Å². The van der Waals surface area contributed by atoms with Crippen LogP contribution in [0.1, 0.15) is 64.9 Å². The Morgan fingerprint density at radius 1 is 1.02 bits per heavy atom. The number of benzene rings is 2. The molecule has 0 amide bonds. The highest BCUT2D eigenvalue weighted by atomic mass is 32.2. The van der Waals surface area contributed by atoms with Crippen molar-refractivity contribution in [2.24, 2.45) is 0 Å². The van der Waals surface area contributed by atoms with Crippen LogP contribution in [0.3, 0.4) is 0 Å². The molecule has 14 heteroatoms. The SMILES string of the molecule is CCOP(=O)(OCC)C1(COc2cc3c(cc2C(F)(F)F)N(c2ccc(F)cc2)C[C@@H](CCC(C)(F)F)N(C)S3)CCCC1. The first-order chi connectivity index (χ1) is 20.6. The van der Waals surface area contributed by atoms with E-state index >= 15 is 0 Å². The minimum atomic E-state index is -4.82. The number of ether oxygens (including phenoxy) is 1. The second-order valence-corrected chi connectivity index (χ2v) is 15.0. The lowest BCUT2D eigenvalue weighted by Gasteiger charge is -2.35. The molecule has 0 spiro atoms. The summed E-state index contributed by atoms with van der Waals surface area (Å²) in [6.07, 6.45) is -2.93. The van der Waals surface area contributed by atoms with Crippen LogP contribution in [0.4, 0.5) is 37.7 Å². The fraction of sp³-hybridized carbons (Fsp3) is 0.600. The smallest absolute Gasteiger partial charge is 0.420 e. The van der Waals surface area contributed by atoms with Crippen LogP contribution in [0.5, 0.6) is 5.75 Å². The van der Waals surface area contributed by atoms with Crippen molar-refractivity contribution < 1.29 is 44.7 Å². The largest absolute Gasteiger partial charge is 0.492 e. The lowest BCUT2D eigenvalue weighted by atomic mass is 10.1. The van der Waals surface area contributed by atoms with Crippen molar-refractivity contribution in [1.82, 2.24) is 4.31 Å². The summed E-state index contributed by atoms with van der Waals surface area (Å²) in [6.45, 7) is 4.19. The maximum atomic E-state index is 14.6. The molecule has 2 aromatic carbocycles. The van der Waals surface area contributed by atoms with E-state index in [1.807, 2.05) is 0 Å². The van der Waals surface area contributed by atoms with Crippen LogP contribution < -0.4 is 9.64 Å². The van der Waals surface area contributed by atoms with Crippen LogP contribution in [0.15, 0.2) is 41.3 Å². The van der Waals surface area contributed by atoms with Crippen molar-refractivity contribution in [2.75, 3.05) is 38.3 Å². The summed E-state index contributed by atoms with van der Waals surface area (Å²) in [7, 11) is -2.03. The molecule has 4 rings (SSSR count). The fourth-order valence-corrected chi connectivity index (χ4v) is 9.22. The van der Waals surface area contributed by atoms with Gasteiger partial charge in [0.25, 0.3) is 0 Å². The lowest BCUT2D eigenvalue weighted by molar-refractivity contribution is -0.139. The average Bonchev–Trinajstić information content (AvgIpc) is 3.38. The molecule has 0 bridgehead atoms. The highest BCUT2D eigenvalue weighted by molar-refractivity contribution is 7.97.